The second-order valence-corrected chi connectivity index (χ2v) is 5.22. The first kappa shape index (κ1) is 16.2. The van der Waals surface area contributed by atoms with Crippen molar-refractivity contribution in [2.24, 2.45) is 4.99 Å². The van der Waals surface area contributed by atoms with E-state index < -0.39 is 0 Å². The minimum absolute atomic E-state index is 0.918. The van der Waals surface area contributed by atoms with Gasteiger partial charge in [0.05, 0.1) is 0 Å². The molecule has 0 bridgehead atoms. The lowest BCUT2D eigenvalue weighted by atomic mass is 10.1. The van der Waals surface area contributed by atoms with Crippen LogP contribution in [-0.2, 0) is 0 Å². The summed E-state index contributed by atoms with van der Waals surface area (Å²) in [6.45, 7) is 9.86. The number of piperidine rings is 1. The monoisotopic (exact) mass is 269 g/mol. The van der Waals surface area contributed by atoms with Crippen molar-refractivity contribution in [3.63, 3.8) is 0 Å². The number of nitrogens with one attached hydrogen (secondary N) is 2. The van der Waals surface area contributed by atoms with E-state index in [9.17, 15) is 0 Å². The lowest BCUT2D eigenvalue weighted by Gasteiger charge is -2.26. The molecule has 0 aliphatic carbocycles. The molecule has 1 aliphatic rings. The Hall–Kier alpha value is -0.810. The third-order valence-electron chi connectivity index (χ3n) is 3.72. The summed E-state index contributed by atoms with van der Waals surface area (Å²) in [4.78, 5) is 9.07. The van der Waals surface area contributed by atoms with Crippen LogP contribution >= 0.6 is 0 Å². The van der Waals surface area contributed by atoms with Gasteiger partial charge in [0.25, 0.3) is 0 Å². The van der Waals surface area contributed by atoms with Crippen molar-refractivity contribution in [1.82, 2.24) is 20.4 Å². The van der Waals surface area contributed by atoms with Gasteiger partial charge in [0.15, 0.2) is 5.96 Å². The summed E-state index contributed by atoms with van der Waals surface area (Å²) in [5.74, 6) is 0.918. The normalized spacial score (nSPS) is 17.8. The van der Waals surface area contributed by atoms with Crippen molar-refractivity contribution in [3.05, 3.63) is 0 Å². The summed E-state index contributed by atoms with van der Waals surface area (Å²) in [5, 5.41) is 6.74. The predicted molar refractivity (Wildman–Crippen MR) is 82.8 cm³/mol. The quantitative estimate of drug-likeness (QED) is 0.524. The summed E-state index contributed by atoms with van der Waals surface area (Å²) < 4.78 is 0. The number of guanidine groups is 1. The number of aliphatic imine (C=N–C) groups is 1. The van der Waals surface area contributed by atoms with Gasteiger partial charge in [-0.05, 0) is 39.5 Å². The van der Waals surface area contributed by atoms with Crippen molar-refractivity contribution >= 4 is 5.96 Å². The molecule has 5 heteroatoms. The zero-order chi connectivity index (χ0) is 13.9. The number of hydrogen-bond acceptors (Lipinski definition) is 3. The predicted octanol–water partition coefficient (Wildman–Crippen LogP) is 0.589. The van der Waals surface area contributed by atoms with Crippen LogP contribution in [0.4, 0.5) is 0 Å². The molecule has 1 rings (SSSR count). The molecule has 1 saturated heterocycles. The third-order valence-corrected chi connectivity index (χ3v) is 3.72. The Morgan fingerprint density at radius 3 is 2.47 bits per heavy atom. The molecule has 0 spiro atoms. The summed E-state index contributed by atoms with van der Waals surface area (Å²) in [7, 11) is 3.97. The van der Waals surface area contributed by atoms with Gasteiger partial charge < -0.3 is 20.4 Å². The zero-order valence-corrected chi connectivity index (χ0v) is 12.9. The molecule has 0 aromatic rings. The first-order valence-electron chi connectivity index (χ1n) is 7.61. The topological polar surface area (TPSA) is 42.9 Å². The molecule has 1 heterocycles. The van der Waals surface area contributed by atoms with Gasteiger partial charge in [0.1, 0.15) is 0 Å². The van der Waals surface area contributed by atoms with Crippen LogP contribution in [0, 0.1) is 0 Å². The van der Waals surface area contributed by atoms with E-state index >= 15 is 0 Å². The fraction of sp³-hybridized carbons (Fsp3) is 0.929. The van der Waals surface area contributed by atoms with E-state index in [0.29, 0.717) is 0 Å². The fourth-order valence-corrected chi connectivity index (χ4v) is 2.26. The Bertz CT molecular complexity index is 248. The minimum Gasteiger partial charge on any atom is -0.355 e. The average Bonchev–Trinajstić information content (AvgIpc) is 2.46. The van der Waals surface area contributed by atoms with Crippen LogP contribution in [0.3, 0.4) is 0 Å². The molecule has 5 nitrogen and oxygen atoms in total. The van der Waals surface area contributed by atoms with Crippen LogP contribution in [0.25, 0.3) is 0 Å². The first-order chi connectivity index (χ1) is 9.26. The highest BCUT2D eigenvalue weighted by atomic mass is 15.2. The van der Waals surface area contributed by atoms with Crippen molar-refractivity contribution in [2.45, 2.75) is 26.2 Å². The Morgan fingerprint density at radius 1 is 1.16 bits per heavy atom. The first-order valence-corrected chi connectivity index (χ1v) is 7.61. The largest absolute Gasteiger partial charge is 0.355 e. The van der Waals surface area contributed by atoms with E-state index in [0.717, 1.165) is 38.7 Å². The Morgan fingerprint density at radius 2 is 1.84 bits per heavy atom. The van der Waals surface area contributed by atoms with E-state index in [4.69, 9.17) is 0 Å². The van der Waals surface area contributed by atoms with Crippen molar-refractivity contribution in [2.75, 3.05) is 59.9 Å². The molecule has 0 aromatic carbocycles. The van der Waals surface area contributed by atoms with Crippen LogP contribution in [0.2, 0.25) is 0 Å². The van der Waals surface area contributed by atoms with E-state index in [1.54, 1.807) is 0 Å². The highest BCUT2D eigenvalue weighted by Crippen LogP contribution is 2.07. The standard InChI is InChI=1S/C14H31N5/c1-4-18(3)12-8-16-14(15-2)17-9-13-19-10-6-5-7-11-19/h4-13H2,1-3H3,(H2,15,16,17). The van der Waals surface area contributed by atoms with Gasteiger partial charge in [-0.15, -0.1) is 0 Å². The smallest absolute Gasteiger partial charge is 0.191 e. The minimum atomic E-state index is 0.918. The molecule has 0 amide bonds. The van der Waals surface area contributed by atoms with Gasteiger partial charge in [-0.25, -0.2) is 0 Å². The fourth-order valence-electron chi connectivity index (χ4n) is 2.26. The highest BCUT2D eigenvalue weighted by Gasteiger charge is 2.09. The number of hydrogen-bond donors (Lipinski definition) is 2. The molecule has 1 fully saturated rings. The SMILES string of the molecule is CCN(C)CCNC(=NC)NCCN1CCCCC1. The number of nitrogens with zero attached hydrogens (tertiary/aromatic N) is 3. The summed E-state index contributed by atoms with van der Waals surface area (Å²) in [6, 6.07) is 0. The van der Waals surface area contributed by atoms with Gasteiger partial charge in [-0.2, -0.15) is 0 Å². The van der Waals surface area contributed by atoms with Crippen LogP contribution < -0.4 is 10.6 Å². The van der Waals surface area contributed by atoms with Crippen LogP contribution in [0.1, 0.15) is 26.2 Å². The molecule has 0 saturated carbocycles. The molecule has 0 aromatic heterocycles. The van der Waals surface area contributed by atoms with Crippen LogP contribution in [0.5, 0.6) is 0 Å². The maximum Gasteiger partial charge on any atom is 0.191 e. The van der Waals surface area contributed by atoms with Gasteiger partial charge in [0, 0.05) is 33.2 Å². The molecule has 112 valence electrons. The number of rotatable bonds is 7. The lowest BCUT2D eigenvalue weighted by molar-refractivity contribution is 0.232. The number of likely N-dealkylation sites (tertiary alicyclic amines) is 1. The van der Waals surface area contributed by atoms with Gasteiger partial charge in [0.2, 0.25) is 0 Å². The van der Waals surface area contributed by atoms with E-state index in [1.165, 1.54) is 32.4 Å². The van der Waals surface area contributed by atoms with Crippen molar-refractivity contribution in [3.8, 4) is 0 Å². The zero-order valence-electron chi connectivity index (χ0n) is 12.9. The molecule has 0 atom stereocenters. The molecule has 2 N–H and O–H groups in total. The van der Waals surface area contributed by atoms with Gasteiger partial charge in [-0.3, -0.25) is 4.99 Å². The maximum absolute atomic E-state index is 4.25. The molecule has 1 aliphatic heterocycles. The second kappa shape index (κ2) is 10.0. The Labute approximate surface area is 118 Å². The van der Waals surface area contributed by atoms with E-state index in [-0.39, 0.29) is 0 Å². The van der Waals surface area contributed by atoms with Gasteiger partial charge >= 0.3 is 0 Å². The maximum atomic E-state index is 4.25. The summed E-state index contributed by atoms with van der Waals surface area (Å²) in [6.07, 6.45) is 4.12. The van der Waals surface area contributed by atoms with Gasteiger partial charge in [-0.1, -0.05) is 13.3 Å². The second-order valence-electron chi connectivity index (χ2n) is 5.22. The molecule has 19 heavy (non-hydrogen) atoms. The summed E-state index contributed by atoms with van der Waals surface area (Å²) in [5.41, 5.74) is 0. The molecule has 0 unspecified atom stereocenters. The van der Waals surface area contributed by atoms with Crippen LogP contribution in [-0.4, -0.2) is 75.7 Å². The van der Waals surface area contributed by atoms with Crippen molar-refractivity contribution < 1.29 is 0 Å². The third kappa shape index (κ3) is 7.38. The molecular weight excluding hydrogens is 238 g/mol. The average molecular weight is 269 g/mol. The van der Waals surface area contributed by atoms with Crippen LogP contribution in [0.15, 0.2) is 4.99 Å². The Kier molecular flexibility index (Phi) is 8.58. The Balaban J connectivity index is 2.07. The van der Waals surface area contributed by atoms with E-state index in [2.05, 4.69) is 39.4 Å². The summed E-state index contributed by atoms with van der Waals surface area (Å²) >= 11 is 0. The van der Waals surface area contributed by atoms with E-state index in [1.807, 2.05) is 7.05 Å². The number of likely N-dealkylation sites (N-methyl/N-ethyl adjacent to an activating group) is 1. The molecular formula is C14H31N5. The molecule has 0 radical (unpaired) electrons. The highest BCUT2D eigenvalue weighted by molar-refractivity contribution is 5.79. The lowest BCUT2D eigenvalue weighted by Crippen LogP contribution is -2.44. The van der Waals surface area contributed by atoms with Crippen molar-refractivity contribution in [1.29, 1.82) is 0 Å².